The van der Waals surface area contributed by atoms with Crippen LogP contribution in [-0.2, 0) is 13.1 Å². The number of oxazole rings is 1. The number of hydrogen-bond acceptors (Lipinski definition) is 5. The molecule has 1 aliphatic rings. The van der Waals surface area contributed by atoms with Gasteiger partial charge in [0, 0.05) is 18.0 Å². The van der Waals surface area contributed by atoms with Crippen LogP contribution in [0.25, 0.3) is 0 Å². The Labute approximate surface area is 195 Å². The predicted molar refractivity (Wildman–Crippen MR) is 131 cm³/mol. The van der Waals surface area contributed by atoms with Crippen LogP contribution in [0.3, 0.4) is 0 Å². The Bertz CT molecular complexity index is 760. The summed E-state index contributed by atoms with van der Waals surface area (Å²) in [6, 6.07) is 2.16. The number of likely N-dealkylation sites (tertiary alicyclic amines) is 1. The molecule has 1 saturated heterocycles. The summed E-state index contributed by atoms with van der Waals surface area (Å²) in [6.07, 6.45) is 2.38. The summed E-state index contributed by atoms with van der Waals surface area (Å²) in [7, 11) is 0. The first-order chi connectivity index (χ1) is 13.5. The fourth-order valence-corrected chi connectivity index (χ4v) is 4.28. The summed E-state index contributed by atoms with van der Waals surface area (Å²) >= 11 is 1.78. The molecule has 0 saturated carbocycles. The number of rotatable bonds is 7. The van der Waals surface area contributed by atoms with Gasteiger partial charge >= 0.3 is 0 Å². The average molecular weight is 532 g/mol. The molecule has 0 atom stereocenters. The molecule has 0 unspecified atom stereocenters. The normalized spacial score (nSPS) is 15.9. The summed E-state index contributed by atoms with van der Waals surface area (Å²) in [5.74, 6) is 3.37. The molecule has 0 spiro atoms. The van der Waals surface area contributed by atoms with Crippen LogP contribution in [0.4, 0.5) is 0 Å². The van der Waals surface area contributed by atoms with Crippen molar-refractivity contribution in [3.05, 3.63) is 39.2 Å². The minimum atomic E-state index is 0. The standard InChI is InChI=1S/C21H33N5OS.HI/c1-5-22-21(24-13-19-15(2)8-11-28-19)23-12-18-6-9-26(10-7-18)14-20-25-16(3)17(4)27-20;/h8,11,18H,5-7,9-10,12-14H2,1-4H3,(H2,22,23,24);1H. The predicted octanol–water partition coefficient (Wildman–Crippen LogP) is 4.25. The smallest absolute Gasteiger partial charge is 0.208 e. The molecule has 0 radical (unpaired) electrons. The lowest BCUT2D eigenvalue weighted by Crippen LogP contribution is -2.42. The first-order valence-electron chi connectivity index (χ1n) is 10.3. The lowest BCUT2D eigenvalue weighted by atomic mass is 9.97. The van der Waals surface area contributed by atoms with Gasteiger partial charge < -0.3 is 15.1 Å². The van der Waals surface area contributed by atoms with Gasteiger partial charge in [-0.25, -0.2) is 9.98 Å². The Hall–Kier alpha value is -1.13. The van der Waals surface area contributed by atoms with E-state index in [0.29, 0.717) is 5.92 Å². The topological polar surface area (TPSA) is 65.7 Å². The third-order valence-electron chi connectivity index (χ3n) is 5.39. The summed E-state index contributed by atoms with van der Waals surface area (Å²) in [6.45, 7) is 13.8. The lowest BCUT2D eigenvalue weighted by molar-refractivity contribution is 0.164. The van der Waals surface area contributed by atoms with Gasteiger partial charge in [0.15, 0.2) is 5.96 Å². The molecule has 0 aromatic carbocycles. The largest absolute Gasteiger partial charge is 0.444 e. The minimum Gasteiger partial charge on any atom is -0.444 e. The van der Waals surface area contributed by atoms with E-state index >= 15 is 0 Å². The van der Waals surface area contributed by atoms with Gasteiger partial charge in [-0.2, -0.15) is 0 Å². The second-order valence-electron chi connectivity index (χ2n) is 7.57. The number of aromatic nitrogens is 1. The van der Waals surface area contributed by atoms with Crippen molar-refractivity contribution < 1.29 is 4.42 Å². The van der Waals surface area contributed by atoms with E-state index in [-0.39, 0.29) is 24.0 Å². The first-order valence-corrected chi connectivity index (χ1v) is 11.1. The molecule has 0 bridgehead atoms. The Morgan fingerprint density at radius 1 is 1.28 bits per heavy atom. The number of nitrogens with zero attached hydrogens (tertiary/aromatic N) is 3. The van der Waals surface area contributed by atoms with Gasteiger partial charge in [-0.3, -0.25) is 4.90 Å². The molecular formula is C21H34IN5OS. The van der Waals surface area contributed by atoms with Crippen LogP contribution in [0, 0.1) is 26.7 Å². The maximum Gasteiger partial charge on any atom is 0.208 e. The second kappa shape index (κ2) is 11.9. The molecule has 1 fully saturated rings. The van der Waals surface area contributed by atoms with E-state index in [1.54, 1.807) is 11.3 Å². The molecular weight excluding hydrogens is 497 g/mol. The molecule has 162 valence electrons. The lowest BCUT2D eigenvalue weighted by Gasteiger charge is -2.31. The fraction of sp³-hybridized carbons (Fsp3) is 0.619. The van der Waals surface area contributed by atoms with Gasteiger partial charge in [0.05, 0.1) is 18.8 Å². The van der Waals surface area contributed by atoms with Crippen molar-refractivity contribution in [1.82, 2.24) is 20.5 Å². The second-order valence-corrected chi connectivity index (χ2v) is 8.57. The number of aliphatic imine (C=N–C) groups is 1. The van der Waals surface area contributed by atoms with Gasteiger partial charge in [-0.1, -0.05) is 0 Å². The highest BCUT2D eigenvalue weighted by atomic mass is 127. The first kappa shape index (κ1) is 24.1. The minimum absolute atomic E-state index is 0. The number of thiophene rings is 1. The quantitative estimate of drug-likeness (QED) is 0.318. The van der Waals surface area contributed by atoms with E-state index in [1.165, 1.54) is 23.3 Å². The zero-order valence-corrected chi connectivity index (χ0v) is 21.1. The maximum absolute atomic E-state index is 5.73. The van der Waals surface area contributed by atoms with Crippen LogP contribution >= 0.6 is 35.3 Å². The number of piperidine rings is 1. The van der Waals surface area contributed by atoms with Crippen molar-refractivity contribution in [1.29, 1.82) is 0 Å². The van der Waals surface area contributed by atoms with E-state index in [2.05, 4.69) is 45.8 Å². The SMILES string of the molecule is CCNC(=NCc1sccc1C)NCC1CCN(Cc2nc(C)c(C)o2)CC1.I. The van der Waals surface area contributed by atoms with Gasteiger partial charge in [0.1, 0.15) is 5.76 Å². The zero-order valence-electron chi connectivity index (χ0n) is 18.0. The number of guanidine groups is 1. The van der Waals surface area contributed by atoms with Crippen LogP contribution in [-0.4, -0.2) is 42.0 Å². The van der Waals surface area contributed by atoms with Crippen LogP contribution in [0.2, 0.25) is 0 Å². The van der Waals surface area contributed by atoms with Crippen LogP contribution in [0.15, 0.2) is 20.9 Å². The third-order valence-corrected chi connectivity index (χ3v) is 6.40. The molecule has 0 amide bonds. The monoisotopic (exact) mass is 531 g/mol. The molecule has 3 rings (SSSR count). The number of hydrogen-bond donors (Lipinski definition) is 2. The highest BCUT2D eigenvalue weighted by Gasteiger charge is 2.21. The van der Waals surface area contributed by atoms with E-state index in [9.17, 15) is 0 Å². The molecule has 2 N–H and O–H groups in total. The summed E-state index contributed by atoms with van der Waals surface area (Å²) in [4.78, 5) is 13.0. The molecule has 2 aromatic rings. The Balaban J connectivity index is 0.00000300. The van der Waals surface area contributed by atoms with Crippen molar-refractivity contribution in [2.45, 2.75) is 53.6 Å². The molecule has 3 heterocycles. The fourth-order valence-electron chi connectivity index (χ4n) is 3.45. The Kier molecular flexibility index (Phi) is 9.91. The van der Waals surface area contributed by atoms with Crippen molar-refractivity contribution in [3.8, 4) is 0 Å². The number of aryl methyl sites for hydroxylation is 3. The van der Waals surface area contributed by atoms with Gasteiger partial charge in [0.25, 0.3) is 0 Å². The van der Waals surface area contributed by atoms with Crippen molar-refractivity contribution in [2.75, 3.05) is 26.2 Å². The molecule has 6 nitrogen and oxygen atoms in total. The highest BCUT2D eigenvalue weighted by molar-refractivity contribution is 14.0. The summed E-state index contributed by atoms with van der Waals surface area (Å²) < 4.78 is 5.73. The third kappa shape index (κ3) is 7.25. The molecule has 2 aromatic heterocycles. The maximum atomic E-state index is 5.73. The van der Waals surface area contributed by atoms with Crippen molar-refractivity contribution in [2.24, 2.45) is 10.9 Å². The van der Waals surface area contributed by atoms with Crippen LogP contribution in [0.1, 0.15) is 47.6 Å². The summed E-state index contributed by atoms with van der Waals surface area (Å²) in [5.41, 5.74) is 2.33. The van der Waals surface area contributed by atoms with E-state index in [4.69, 9.17) is 9.41 Å². The molecule has 1 aliphatic heterocycles. The zero-order chi connectivity index (χ0) is 19.9. The Morgan fingerprint density at radius 2 is 2.03 bits per heavy atom. The van der Waals surface area contributed by atoms with Crippen LogP contribution < -0.4 is 10.6 Å². The van der Waals surface area contributed by atoms with Crippen molar-refractivity contribution in [3.63, 3.8) is 0 Å². The van der Waals surface area contributed by atoms with E-state index in [1.807, 2.05) is 13.8 Å². The van der Waals surface area contributed by atoms with E-state index in [0.717, 1.165) is 62.6 Å². The number of nitrogens with one attached hydrogen (secondary N) is 2. The molecule has 0 aliphatic carbocycles. The summed E-state index contributed by atoms with van der Waals surface area (Å²) in [5, 5.41) is 9.04. The molecule has 29 heavy (non-hydrogen) atoms. The average Bonchev–Trinajstić information content (AvgIpc) is 3.23. The van der Waals surface area contributed by atoms with Gasteiger partial charge in [-0.05, 0) is 76.6 Å². The van der Waals surface area contributed by atoms with E-state index < -0.39 is 0 Å². The molecule has 8 heteroatoms. The van der Waals surface area contributed by atoms with Crippen molar-refractivity contribution >= 4 is 41.3 Å². The van der Waals surface area contributed by atoms with Gasteiger partial charge in [-0.15, -0.1) is 35.3 Å². The van der Waals surface area contributed by atoms with Gasteiger partial charge in [0.2, 0.25) is 5.89 Å². The number of halogens is 1. The van der Waals surface area contributed by atoms with Crippen LogP contribution in [0.5, 0.6) is 0 Å². The highest BCUT2D eigenvalue weighted by Crippen LogP contribution is 2.19. The Morgan fingerprint density at radius 3 is 2.62 bits per heavy atom.